The van der Waals surface area contributed by atoms with Crippen molar-refractivity contribution in [2.45, 2.75) is 64.0 Å². The van der Waals surface area contributed by atoms with Crippen LogP contribution in [0.4, 0.5) is 29.2 Å². The quantitative estimate of drug-likeness (QED) is 0.342. The van der Waals surface area contributed by atoms with E-state index in [1.165, 1.54) is 6.92 Å². The summed E-state index contributed by atoms with van der Waals surface area (Å²) < 4.78 is 77.5. The van der Waals surface area contributed by atoms with Gasteiger partial charge in [-0.2, -0.15) is 23.1 Å². The van der Waals surface area contributed by atoms with Gasteiger partial charge in [0.25, 0.3) is 0 Å². The van der Waals surface area contributed by atoms with Gasteiger partial charge in [0.1, 0.15) is 28.2 Å². The highest BCUT2D eigenvalue weighted by atomic mass is 19.4. The molecule has 0 amide bonds. The van der Waals surface area contributed by atoms with Gasteiger partial charge in [-0.05, 0) is 45.7 Å². The number of hydrogen-bond donors (Lipinski definition) is 3. The zero-order valence-electron chi connectivity index (χ0n) is 25.1. The van der Waals surface area contributed by atoms with Gasteiger partial charge in [-0.1, -0.05) is 0 Å². The Balaban J connectivity index is 1.31. The summed E-state index contributed by atoms with van der Waals surface area (Å²) in [6, 6.07) is 0.892. The Morgan fingerprint density at radius 2 is 1.87 bits per heavy atom. The molecular weight excluding hydrogens is 596 g/mol. The molecule has 3 aromatic rings. The summed E-state index contributed by atoms with van der Waals surface area (Å²) in [5.41, 5.74) is 2.85. The molecule has 8 rings (SSSR count). The van der Waals surface area contributed by atoms with Crippen molar-refractivity contribution in [1.29, 1.82) is 0 Å². The maximum absolute atomic E-state index is 16.6. The van der Waals surface area contributed by atoms with E-state index in [9.17, 15) is 13.2 Å². The number of piperidine rings is 1. The monoisotopic (exact) mass is 632 g/mol. The average molecular weight is 633 g/mol. The van der Waals surface area contributed by atoms with Gasteiger partial charge in [0.05, 0.1) is 36.2 Å². The molecule has 7 heterocycles. The zero-order chi connectivity index (χ0) is 31.5. The Hall–Kier alpha value is -3.56. The molecule has 2 bridgehead atoms. The number of nitrogens with two attached hydrogens (primary N) is 1. The van der Waals surface area contributed by atoms with E-state index in [0.29, 0.717) is 44.9 Å². The number of hydrogen-bond acceptors (Lipinski definition) is 11. The van der Waals surface area contributed by atoms with Crippen molar-refractivity contribution >= 4 is 22.5 Å². The molecular formula is C30H36F4N8O3. The smallest absolute Gasteiger partial charge is 0.418 e. The number of nitrogens with one attached hydrogen (secondary N) is 2. The molecule has 5 aliphatic rings. The van der Waals surface area contributed by atoms with Crippen LogP contribution in [0.5, 0.6) is 11.9 Å². The summed E-state index contributed by atoms with van der Waals surface area (Å²) in [5, 5.41) is 6.62. The predicted molar refractivity (Wildman–Crippen MR) is 158 cm³/mol. The molecule has 45 heavy (non-hydrogen) atoms. The van der Waals surface area contributed by atoms with Crippen molar-refractivity contribution in [1.82, 2.24) is 30.2 Å². The van der Waals surface area contributed by atoms with Crippen LogP contribution < -0.4 is 25.8 Å². The Bertz CT molecular complexity index is 1600. The summed E-state index contributed by atoms with van der Waals surface area (Å²) >= 11 is 0. The molecule has 1 saturated carbocycles. The van der Waals surface area contributed by atoms with E-state index in [-0.39, 0.29) is 39.8 Å². The normalized spacial score (nSPS) is 24.6. The molecule has 15 heteroatoms. The fourth-order valence-electron chi connectivity index (χ4n) is 6.55. The van der Waals surface area contributed by atoms with Crippen molar-refractivity contribution in [2.24, 2.45) is 5.41 Å². The average Bonchev–Trinajstić information content (AvgIpc) is 3.72. The lowest BCUT2D eigenvalue weighted by Gasteiger charge is -2.48. The van der Waals surface area contributed by atoms with E-state index in [1.54, 1.807) is 0 Å². The lowest BCUT2D eigenvalue weighted by molar-refractivity contribution is -0.183. The highest BCUT2D eigenvalue weighted by molar-refractivity contribution is 5.96. The number of ether oxygens (including phenoxy) is 3. The summed E-state index contributed by atoms with van der Waals surface area (Å²) in [7, 11) is 0. The third-order valence-electron chi connectivity index (χ3n) is 8.98. The number of alkyl halides is 3. The number of morpholine rings is 1. The minimum absolute atomic E-state index is 0.0717. The van der Waals surface area contributed by atoms with E-state index in [1.807, 2.05) is 6.92 Å². The van der Waals surface area contributed by atoms with Crippen molar-refractivity contribution < 1.29 is 31.8 Å². The van der Waals surface area contributed by atoms with Gasteiger partial charge in [0.2, 0.25) is 5.88 Å². The molecule has 0 spiro atoms. The largest absolute Gasteiger partial charge is 0.474 e. The molecule has 0 aromatic carbocycles. The van der Waals surface area contributed by atoms with Crippen molar-refractivity contribution in [3.63, 3.8) is 0 Å². The van der Waals surface area contributed by atoms with E-state index in [4.69, 9.17) is 19.9 Å². The number of anilines is 2. The highest BCUT2D eigenvalue weighted by Crippen LogP contribution is 2.48. The Kier molecular flexibility index (Phi) is 7.60. The molecule has 0 radical (unpaired) electrons. The lowest BCUT2D eigenvalue weighted by atomic mass is 9.97. The van der Waals surface area contributed by atoms with Crippen LogP contribution >= 0.6 is 0 Å². The second-order valence-electron chi connectivity index (χ2n) is 12.7. The number of pyridine rings is 2. The third-order valence-corrected chi connectivity index (χ3v) is 8.98. The second-order valence-corrected chi connectivity index (χ2v) is 12.7. The van der Waals surface area contributed by atoms with E-state index in [2.05, 4.69) is 35.5 Å². The molecule has 3 saturated heterocycles. The maximum Gasteiger partial charge on any atom is 0.418 e. The molecule has 3 unspecified atom stereocenters. The third kappa shape index (κ3) is 6.04. The first-order valence-electron chi connectivity index (χ1n) is 15.4. The van der Waals surface area contributed by atoms with Crippen molar-refractivity contribution in [2.75, 3.05) is 56.9 Å². The summed E-state index contributed by atoms with van der Waals surface area (Å²) in [4.78, 5) is 19.5. The topological polar surface area (TPSA) is 133 Å². The van der Waals surface area contributed by atoms with E-state index in [0.717, 1.165) is 45.0 Å². The van der Waals surface area contributed by atoms with Gasteiger partial charge < -0.3 is 30.6 Å². The minimum atomic E-state index is -4.85. The van der Waals surface area contributed by atoms with Gasteiger partial charge in [0, 0.05) is 50.1 Å². The first-order chi connectivity index (χ1) is 21.5. The van der Waals surface area contributed by atoms with Crippen LogP contribution in [0.1, 0.15) is 43.9 Å². The van der Waals surface area contributed by atoms with Crippen LogP contribution in [0.3, 0.4) is 0 Å². The number of halogens is 4. The first kappa shape index (κ1) is 30.1. The van der Waals surface area contributed by atoms with Gasteiger partial charge in [-0.25, -0.2) is 14.4 Å². The van der Waals surface area contributed by atoms with Gasteiger partial charge in [0.15, 0.2) is 5.82 Å². The van der Waals surface area contributed by atoms with Crippen LogP contribution in [0.15, 0.2) is 6.07 Å². The SMILES string of the molecule is Cc1nc(N)cc(-c2nc3c4c(nc(OCC5(CN6CC7CC(C6)O7)CC5)nc4c2F)NCCNCCC(C)O3)c1C(F)(F)F. The molecule has 4 aliphatic heterocycles. The molecule has 11 nitrogen and oxygen atoms in total. The molecule has 4 N–H and O–H groups in total. The standard InChI is InChI=1S/C30H36F4N8O3/c1-15-3-6-36-7-8-37-26-21-25(40-28(41-26)43-14-29(4-5-29)13-42-11-17-9-18(12-42)45-17)23(31)24(39-27(21)44-15)19-10-20(35)38-16(2)22(19)30(32,33)34/h10,15,17-18,36H,3-9,11-14H2,1-2H3,(H2,35,38)(H,37,40,41). The number of aryl methyl sites for hydroxylation is 1. The summed E-state index contributed by atoms with van der Waals surface area (Å²) in [6.07, 6.45) is -1.02. The van der Waals surface area contributed by atoms with Gasteiger partial charge in [-0.15, -0.1) is 0 Å². The number of nitrogen functional groups attached to an aromatic ring is 1. The molecule has 242 valence electrons. The number of fused-ring (bicyclic) bond motifs is 2. The molecule has 3 atom stereocenters. The summed E-state index contributed by atoms with van der Waals surface area (Å²) in [5.74, 6) is -1.14. The Labute approximate surface area is 257 Å². The zero-order valence-corrected chi connectivity index (χ0v) is 25.1. The van der Waals surface area contributed by atoms with Crippen molar-refractivity contribution in [3.05, 3.63) is 23.1 Å². The predicted octanol–water partition coefficient (Wildman–Crippen LogP) is 3.94. The lowest BCUT2D eigenvalue weighted by Crippen LogP contribution is -2.58. The van der Waals surface area contributed by atoms with Crippen LogP contribution in [0.25, 0.3) is 22.2 Å². The Morgan fingerprint density at radius 3 is 2.58 bits per heavy atom. The summed E-state index contributed by atoms with van der Waals surface area (Å²) in [6.45, 7) is 7.61. The minimum Gasteiger partial charge on any atom is -0.474 e. The van der Waals surface area contributed by atoms with Crippen LogP contribution in [-0.2, 0) is 10.9 Å². The fourth-order valence-corrected chi connectivity index (χ4v) is 6.55. The highest BCUT2D eigenvalue weighted by Gasteiger charge is 2.48. The van der Waals surface area contributed by atoms with E-state index >= 15 is 4.39 Å². The van der Waals surface area contributed by atoms with Crippen LogP contribution in [0, 0.1) is 18.2 Å². The van der Waals surface area contributed by atoms with Gasteiger partial charge >= 0.3 is 12.2 Å². The fraction of sp³-hybridized carbons (Fsp3) is 0.600. The Morgan fingerprint density at radius 1 is 1.11 bits per heavy atom. The van der Waals surface area contributed by atoms with Crippen LogP contribution in [0.2, 0.25) is 0 Å². The van der Waals surface area contributed by atoms with E-state index < -0.39 is 40.6 Å². The molecule has 1 aliphatic carbocycles. The van der Waals surface area contributed by atoms with Crippen LogP contribution in [-0.4, -0.2) is 89.0 Å². The number of aromatic nitrogens is 4. The number of rotatable bonds is 6. The van der Waals surface area contributed by atoms with Gasteiger partial charge in [-0.3, -0.25) is 4.90 Å². The second kappa shape index (κ2) is 11.4. The molecule has 4 fully saturated rings. The first-order valence-corrected chi connectivity index (χ1v) is 15.4. The van der Waals surface area contributed by atoms with Crippen molar-refractivity contribution in [3.8, 4) is 23.1 Å². The molecule has 3 aromatic heterocycles. The maximum atomic E-state index is 16.6. The number of nitrogens with zero attached hydrogens (tertiary/aromatic N) is 5.